The van der Waals surface area contributed by atoms with Crippen molar-refractivity contribution in [3.05, 3.63) is 0 Å². The lowest BCUT2D eigenvalue weighted by molar-refractivity contribution is 0.503. The number of thiol groups is 1. The predicted molar refractivity (Wildman–Crippen MR) is 66.7 cm³/mol. The third-order valence-electron chi connectivity index (χ3n) is 1.44. The highest BCUT2D eigenvalue weighted by Crippen LogP contribution is 2.32. The van der Waals surface area contributed by atoms with Crippen LogP contribution in [0.3, 0.4) is 0 Å². The van der Waals surface area contributed by atoms with E-state index in [1.54, 1.807) is 0 Å². The van der Waals surface area contributed by atoms with Crippen molar-refractivity contribution in [1.29, 1.82) is 0 Å². The molecule has 0 heterocycles. The average Bonchev–Trinajstić information content (AvgIpc) is 2.07. The zero-order valence-electron chi connectivity index (χ0n) is 8.10. The molecule has 0 radical (unpaired) electrons. The summed E-state index contributed by atoms with van der Waals surface area (Å²) in [5, 5.41) is 0. The fourth-order valence-electron chi connectivity index (χ4n) is 0.671. The first-order valence-corrected chi connectivity index (χ1v) is 9.66. The summed E-state index contributed by atoms with van der Waals surface area (Å²) in [7, 11) is -3.33. The number of hydrogen-bond acceptors (Lipinski definition) is 4. The van der Waals surface area contributed by atoms with Gasteiger partial charge in [0.05, 0.1) is 9.83 Å². The van der Waals surface area contributed by atoms with Gasteiger partial charge in [-0.3, -0.25) is 4.55 Å². The largest absolute Gasteiger partial charge is 0.329 e. The summed E-state index contributed by atoms with van der Waals surface area (Å²) in [5.74, 6) is 0. The first-order chi connectivity index (χ1) is 5.91. The van der Waals surface area contributed by atoms with Crippen molar-refractivity contribution in [2.24, 2.45) is 0 Å². The van der Waals surface area contributed by atoms with Crippen molar-refractivity contribution >= 4 is 38.6 Å². The van der Waals surface area contributed by atoms with Gasteiger partial charge in [0.25, 0.3) is 0 Å². The molecule has 0 fully saturated rings. The SMILES string of the molecule is CCP(CC)CC.O=S(=O)(O)SS. The van der Waals surface area contributed by atoms with Gasteiger partial charge in [-0.05, 0) is 18.5 Å². The summed E-state index contributed by atoms with van der Waals surface area (Å²) in [6.07, 6.45) is 4.26. The van der Waals surface area contributed by atoms with Gasteiger partial charge in [-0.15, -0.1) is 7.92 Å². The van der Waals surface area contributed by atoms with E-state index >= 15 is 0 Å². The van der Waals surface area contributed by atoms with Gasteiger partial charge in [0, 0.05) is 0 Å². The highest BCUT2D eigenvalue weighted by Gasteiger charge is 1.96. The molecule has 82 valence electrons. The maximum atomic E-state index is 9.44. The zero-order valence-corrected chi connectivity index (χ0v) is 11.5. The minimum absolute atomic E-state index is 0.104. The van der Waals surface area contributed by atoms with Crippen LogP contribution < -0.4 is 0 Å². The van der Waals surface area contributed by atoms with Gasteiger partial charge in [-0.2, -0.15) is 8.42 Å². The number of hydrogen-bond donors (Lipinski definition) is 2. The Morgan fingerprint density at radius 2 is 1.46 bits per heavy atom. The summed E-state index contributed by atoms with van der Waals surface area (Å²) < 4.78 is 26.6. The van der Waals surface area contributed by atoms with Crippen LogP contribution in [0.15, 0.2) is 0 Å². The van der Waals surface area contributed by atoms with E-state index in [1.165, 1.54) is 18.5 Å². The Balaban J connectivity index is 0. The maximum Gasteiger partial charge on any atom is 0.329 e. The van der Waals surface area contributed by atoms with Crippen LogP contribution in [-0.4, -0.2) is 31.5 Å². The Morgan fingerprint density at radius 3 is 1.46 bits per heavy atom. The maximum absolute atomic E-state index is 9.44. The molecule has 0 aliphatic rings. The lowest BCUT2D eigenvalue weighted by Crippen LogP contribution is -1.83. The highest BCUT2D eigenvalue weighted by atomic mass is 33.5. The van der Waals surface area contributed by atoms with E-state index in [0.717, 1.165) is 0 Å². The van der Waals surface area contributed by atoms with Gasteiger partial charge < -0.3 is 0 Å². The predicted octanol–water partition coefficient (Wildman–Crippen LogP) is 2.90. The third-order valence-corrected chi connectivity index (χ3v) is 6.57. The molecule has 3 nitrogen and oxygen atoms in total. The van der Waals surface area contributed by atoms with Crippen LogP contribution >= 0.6 is 29.4 Å². The summed E-state index contributed by atoms with van der Waals surface area (Å²) in [6.45, 7) is 6.87. The molecule has 0 aromatic heterocycles. The first-order valence-electron chi connectivity index (χ1n) is 3.94. The van der Waals surface area contributed by atoms with Crippen molar-refractivity contribution in [3.63, 3.8) is 0 Å². The Kier molecular flexibility index (Phi) is 12.1. The lowest BCUT2D eigenvalue weighted by Gasteiger charge is -2.07. The van der Waals surface area contributed by atoms with Gasteiger partial charge in [-0.1, -0.05) is 32.4 Å². The molecule has 0 aromatic carbocycles. The second kappa shape index (κ2) is 9.59. The van der Waals surface area contributed by atoms with Gasteiger partial charge >= 0.3 is 9.15 Å². The molecule has 0 aliphatic carbocycles. The molecule has 0 aromatic rings. The van der Waals surface area contributed by atoms with Crippen molar-refractivity contribution in [1.82, 2.24) is 0 Å². The molecule has 0 unspecified atom stereocenters. The molecule has 0 atom stereocenters. The molecular formula is C6H17O3PS3. The van der Waals surface area contributed by atoms with E-state index < -0.39 is 9.15 Å². The van der Waals surface area contributed by atoms with Crippen molar-refractivity contribution in [2.75, 3.05) is 18.5 Å². The zero-order chi connectivity index (χ0) is 10.9. The van der Waals surface area contributed by atoms with Crippen molar-refractivity contribution < 1.29 is 13.0 Å². The van der Waals surface area contributed by atoms with Gasteiger partial charge in [0.1, 0.15) is 0 Å². The minimum atomic E-state index is -3.88. The minimum Gasteiger partial charge on any atom is -0.277 e. The molecule has 7 heteroatoms. The van der Waals surface area contributed by atoms with E-state index in [-0.39, 0.29) is 9.83 Å². The van der Waals surface area contributed by atoms with Crippen LogP contribution in [0.5, 0.6) is 0 Å². The lowest BCUT2D eigenvalue weighted by atomic mass is 10.9. The van der Waals surface area contributed by atoms with Crippen LogP contribution in [0.1, 0.15) is 20.8 Å². The molecule has 0 saturated carbocycles. The Hall–Kier alpha value is 1.04. The Bertz CT molecular complexity index is 184. The van der Waals surface area contributed by atoms with Crippen molar-refractivity contribution in [3.8, 4) is 0 Å². The normalized spacial score (nSPS) is 10.9. The van der Waals surface area contributed by atoms with Crippen LogP contribution in [0.25, 0.3) is 0 Å². The summed E-state index contributed by atoms with van der Waals surface area (Å²) >= 11 is 3.18. The second-order valence-corrected chi connectivity index (χ2v) is 9.42. The van der Waals surface area contributed by atoms with E-state index in [0.29, 0.717) is 7.92 Å². The monoisotopic (exact) mass is 264 g/mol. The smallest absolute Gasteiger partial charge is 0.277 e. The van der Waals surface area contributed by atoms with Crippen LogP contribution in [0.2, 0.25) is 0 Å². The van der Waals surface area contributed by atoms with Gasteiger partial charge in [0.2, 0.25) is 0 Å². The Labute approximate surface area is 90.8 Å². The standard InChI is InChI=1S/C6H15P.H2O3S3/c1-4-7(5-2)6-3;1-6(2,3)5-4/h4-6H2,1-3H3;4H,(H,1,2,3). The molecule has 0 bridgehead atoms. The molecule has 0 saturated heterocycles. The van der Waals surface area contributed by atoms with E-state index in [4.69, 9.17) is 4.55 Å². The molecule has 0 spiro atoms. The molecule has 1 N–H and O–H groups in total. The van der Waals surface area contributed by atoms with Gasteiger partial charge in [0.15, 0.2) is 0 Å². The second-order valence-electron chi connectivity index (χ2n) is 2.12. The summed E-state index contributed by atoms with van der Waals surface area (Å²) in [5.41, 5.74) is 0. The van der Waals surface area contributed by atoms with Crippen LogP contribution in [0, 0.1) is 0 Å². The first kappa shape index (κ1) is 16.5. The fraction of sp³-hybridized carbons (Fsp3) is 1.00. The van der Waals surface area contributed by atoms with Crippen LogP contribution in [0.4, 0.5) is 0 Å². The van der Waals surface area contributed by atoms with E-state index in [1.807, 2.05) is 0 Å². The topological polar surface area (TPSA) is 54.4 Å². The summed E-state index contributed by atoms with van der Waals surface area (Å²) in [4.78, 5) is 0. The van der Waals surface area contributed by atoms with E-state index in [2.05, 4.69) is 32.4 Å². The number of rotatable bonds is 4. The molecular weight excluding hydrogens is 247 g/mol. The molecule has 0 aliphatic heterocycles. The van der Waals surface area contributed by atoms with E-state index in [9.17, 15) is 8.42 Å². The highest BCUT2D eigenvalue weighted by molar-refractivity contribution is 9.01. The fourth-order valence-corrected chi connectivity index (χ4v) is 2.01. The Morgan fingerprint density at radius 1 is 1.23 bits per heavy atom. The quantitative estimate of drug-likeness (QED) is 0.355. The summed E-state index contributed by atoms with van der Waals surface area (Å²) in [6, 6.07) is 0. The third kappa shape index (κ3) is 15.8. The molecule has 0 amide bonds. The van der Waals surface area contributed by atoms with Crippen LogP contribution in [-0.2, 0) is 9.15 Å². The van der Waals surface area contributed by atoms with Crippen molar-refractivity contribution in [2.45, 2.75) is 20.8 Å². The molecule has 13 heavy (non-hydrogen) atoms. The average molecular weight is 264 g/mol. The van der Waals surface area contributed by atoms with Gasteiger partial charge in [-0.25, -0.2) is 0 Å². The molecule has 0 rings (SSSR count).